The fraction of sp³-hybridized carbons (Fsp3) is 0.238. The van der Waals surface area contributed by atoms with Crippen LogP contribution < -0.4 is 10.4 Å². The molecule has 118 valence electrons. The zero-order valence-corrected chi connectivity index (χ0v) is 15.1. The van der Waals surface area contributed by atoms with E-state index >= 15 is 0 Å². The van der Waals surface area contributed by atoms with E-state index in [2.05, 4.69) is 87.4 Å². The normalized spacial score (nSPS) is 12.3. The largest absolute Gasteiger partial charge is 0.404 e. The van der Waals surface area contributed by atoms with Gasteiger partial charge in [0.25, 0.3) is 8.32 Å². The van der Waals surface area contributed by atoms with Gasteiger partial charge in [0.15, 0.2) is 0 Å². The van der Waals surface area contributed by atoms with Gasteiger partial charge in [-0.1, -0.05) is 93.4 Å². The summed E-state index contributed by atoms with van der Waals surface area (Å²) in [4.78, 5) is 0. The van der Waals surface area contributed by atoms with E-state index in [9.17, 15) is 0 Å². The van der Waals surface area contributed by atoms with Crippen molar-refractivity contribution in [3.05, 3.63) is 72.8 Å². The average Bonchev–Trinajstić information content (AvgIpc) is 2.55. The van der Waals surface area contributed by atoms with E-state index in [0.29, 0.717) is 6.61 Å². The maximum Gasteiger partial charge on any atom is 0.261 e. The molecule has 0 aromatic heterocycles. The van der Waals surface area contributed by atoms with Crippen LogP contribution in [0.4, 0.5) is 0 Å². The van der Waals surface area contributed by atoms with Gasteiger partial charge in [-0.2, -0.15) is 0 Å². The number of hydrogen-bond acceptors (Lipinski definition) is 1. The van der Waals surface area contributed by atoms with Crippen molar-refractivity contribution in [1.82, 2.24) is 0 Å². The lowest BCUT2D eigenvalue weighted by Gasteiger charge is -2.42. The summed E-state index contributed by atoms with van der Waals surface area (Å²) in [5, 5.41) is 2.57. The average molecular weight is 321 g/mol. The molecule has 0 radical (unpaired) electrons. The lowest BCUT2D eigenvalue weighted by Crippen LogP contribution is -2.66. The Kier molecular flexibility index (Phi) is 5.60. The molecule has 0 atom stereocenters. The van der Waals surface area contributed by atoms with E-state index in [1.54, 1.807) is 6.08 Å². The van der Waals surface area contributed by atoms with Gasteiger partial charge in [-0.3, -0.25) is 0 Å². The van der Waals surface area contributed by atoms with Crippen LogP contribution in [-0.4, -0.2) is 14.9 Å². The highest BCUT2D eigenvalue weighted by Gasteiger charge is 2.49. The molecule has 23 heavy (non-hydrogen) atoms. The third-order valence-corrected chi connectivity index (χ3v) is 9.03. The standard InChI is InChI=1S/C21H24OSi/c1-5-6-13-18-22-23(21(2,3)4,19-14-9-7-10-15-19)20-16-11-8-12-17-20/h1,6-17H,18H2,2-4H3/b13-6+. The zero-order chi connectivity index (χ0) is 16.8. The molecule has 0 unspecified atom stereocenters. The van der Waals surface area contributed by atoms with Crippen molar-refractivity contribution in [2.45, 2.75) is 25.8 Å². The highest BCUT2D eigenvalue weighted by atomic mass is 28.4. The molecule has 0 aliphatic heterocycles. The fourth-order valence-electron chi connectivity index (χ4n) is 3.05. The Morgan fingerprint density at radius 1 is 0.957 bits per heavy atom. The van der Waals surface area contributed by atoms with Crippen molar-refractivity contribution in [2.24, 2.45) is 0 Å². The van der Waals surface area contributed by atoms with Crippen LogP contribution in [0.5, 0.6) is 0 Å². The third-order valence-electron chi connectivity index (χ3n) is 4.03. The van der Waals surface area contributed by atoms with E-state index in [0.717, 1.165) is 0 Å². The molecule has 0 spiro atoms. The number of allylic oxidation sites excluding steroid dienone is 1. The van der Waals surface area contributed by atoms with E-state index < -0.39 is 8.32 Å². The van der Waals surface area contributed by atoms with E-state index in [4.69, 9.17) is 10.8 Å². The summed E-state index contributed by atoms with van der Waals surface area (Å²) in [6.07, 6.45) is 8.93. The Morgan fingerprint density at radius 3 is 1.83 bits per heavy atom. The van der Waals surface area contributed by atoms with Crippen LogP contribution in [0.3, 0.4) is 0 Å². The van der Waals surface area contributed by atoms with Crippen molar-refractivity contribution >= 4 is 18.7 Å². The van der Waals surface area contributed by atoms with Gasteiger partial charge in [0.2, 0.25) is 0 Å². The first-order valence-electron chi connectivity index (χ1n) is 7.88. The SMILES string of the molecule is C#C/C=C/CO[Si](c1ccccc1)(c1ccccc1)C(C)(C)C. The van der Waals surface area contributed by atoms with Gasteiger partial charge in [0.1, 0.15) is 0 Å². The van der Waals surface area contributed by atoms with Crippen LogP contribution in [0.15, 0.2) is 72.8 Å². The minimum atomic E-state index is -2.42. The monoisotopic (exact) mass is 320 g/mol. The summed E-state index contributed by atoms with van der Waals surface area (Å²) in [7, 11) is -2.42. The number of rotatable bonds is 5. The molecular weight excluding hydrogens is 296 g/mol. The van der Waals surface area contributed by atoms with Crippen molar-refractivity contribution in [2.75, 3.05) is 6.61 Å². The van der Waals surface area contributed by atoms with Gasteiger partial charge in [-0.25, -0.2) is 0 Å². The van der Waals surface area contributed by atoms with Crippen molar-refractivity contribution in [1.29, 1.82) is 0 Å². The summed E-state index contributed by atoms with van der Waals surface area (Å²) in [5.74, 6) is 2.53. The van der Waals surface area contributed by atoms with Crippen molar-refractivity contribution in [3.8, 4) is 12.3 Å². The maximum atomic E-state index is 6.62. The van der Waals surface area contributed by atoms with Gasteiger partial charge in [-0.05, 0) is 21.5 Å². The Bertz CT molecular complexity index is 636. The molecule has 2 aromatic carbocycles. The molecule has 0 fully saturated rings. The summed E-state index contributed by atoms with van der Waals surface area (Å²) >= 11 is 0. The highest BCUT2D eigenvalue weighted by Crippen LogP contribution is 2.36. The Balaban J connectivity index is 2.60. The summed E-state index contributed by atoms with van der Waals surface area (Å²) in [6, 6.07) is 21.2. The molecule has 0 saturated heterocycles. The van der Waals surface area contributed by atoms with Crippen LogP contribution in [0.2, 0.25) is 5.04 Å². The first-order valence-corrected chi connectivity index (χ1v) is 9.79. The Labute approximate surface area is 141 Å². The molecule has 2 rings (SSSR count). The van der Waals surface area contributed by atoms with Crippen molar-refractivity contribution in [3.63, 3.8) is 0 Å². The predicted octanol–water partition coefficient (Wildman–Crippen LogP) is 3.75. The summed E-state index contributed by atoms with van der Waals surface area (Å²) in [6.45, 7) is 7.33. The van der Waals surface area contributed by atoms with Crippen LogP contribution in [0, 0.1) is 12.3 Å². The maximum absolute atomic E-state index is 6.62. The third kappa shape index (κ3) is 3.64. The minimum Gasteiger partial charge on any atom is -0.404 e. The van der Waals surface area contributed by atoms with Crippen LogP contribution in [-0.2, 0) is 4.43 Å². The predicted molar refractivity (Wildman–Crippen MR) is 102 cm³/mol. The van der Waals surface area contributed by atoms with Gasteiger partial charge >= 0.3 is 0 Å². The summed E-state index contributed by atoms with van der Waals surface area (Å²) in [5.41, 5.74) is 0. The second-order valence-corrected chi connectivity index (χ2v) is 10.8. The number of terminal acetylenes is 1. The quantitative estimate of drug-likeness (QED) is 0.602. The van der Waals surface area contributed by atoms with Gasteiger partial charge in [0, 0.05) is 0 Å². The minimum absolute atomic E-state index is 0.000308. The van der Waals surface area contributed by atoms with Crippen molar-refractivity contribution < 1.29 is 4.43 Å². The molecule has 0 heterocycles. The molecule has 0 N–H and O–H groups in total. The number of benzene rings is 2. The lowest BCUT2D eigenvalue weighted by molar-refractivity contribution is 0.339. The molecule has 2 aromatic rings. The van der Waals surface area contributed by atoms with Crippen LogP contribution in [0.25, 0.3) is 0 Å². The van der Waals surface area contributed by atoms with E-state index in [-0.39, 0.29) is 5.04 Å². The molecular formula is C21H24OSi. The van der Waals surface area contributed by atoms with Gasteiger partial charge < -0.3 is 4.43 Å². The smallest absolute Gasteiger partial charge is 0.261 e. The Morgan fingerprint density at radius 2 is 1.43 bits per heavy atom. The fourth-order valence-corrected chi connectivity index (χ4v) is 7.55. The molecule has 0 bridgehead atoms. The molecule has 0 amide bonds. The Hall–Kier alpha value is -2.08. The summed E-state index contributed by atoms with van der Waals surface area (Å²) < 4.78 is 6.62. The second-order valence-electron chi connectivity index (χ2n) is 6.54. The second kappa shape index (κ2) is 7.46. The molecule has 0 aliphatic carbocycles. The van der Waals surface area contributed by atoms with Gasteiger partial charge in [0.05, 0.1) is 6.61 Å². The lowest BCUT2D eigenvalue weighted by atomic mass is 10.2. The first kappa shape index (κ1) is 17.3. The molecule has 2 heteroatoms. The topological polar surface area (TPSA) is 9.23 Å². The van der Waals surface area contributed by atoms with Crippen LogP contribution >= 0.6 is 0 Å². The highest BCUT2D eigenvalue weighted by molar-refractivity contribution is 6.99. The van der Waals surface area contributed by atoms with E-state index in [1.165, 1.54) is 10.4 Å². The zero-order valence-electron chi connectivity index (χ0n) is 14.1. The van der Waals surface area contributed by atoms with Gasteiger partial charge in [-0.15, -0.1) is 6.42 Å². The molecule has 0 aliphatic rings. The van der Waals surface area contributed by atoms with E-state index in [1.807, 2.05) is 6.08 Å². The first-order chi connectivity index (χ1) is 11.0. The molecule has 1 nitrogen and oxygen atoms in total. The number of hydrogen-bond donors (Lipinski definition) is 0. The van der Waals surface area contributed by atoms with Crippen LogP contribution in [0.1, 0.15) is 20.8 Å². The molecule has 0 saturated carbocycles.